The Bertz CT molecular complexity index is 593. The fourth-order valence-corrected chi connectivity index (χ4v) is 3.47. The van der Waals surface area contributed by atoms with Crippen LogP contribution in [-0.4, -0.2) is 33.5 Å². The Morgan fingerprint density at radius 2 is 1.54 bits per heavy atom. The third kappa shape index (κ3) is 9.43. The lowest BCUT2D eigenvalue weighted by molar-refractivity contribution is 0.569. The first-order valence-corrected chi connectivity index (χ1v) is 9.61. The number of sulfonamides is 1. The first-order chi connectivity index (χ1) is 10.9. The lowest BCUT2D eigenvalue weighted by atomic mass is 10.1. The second kappa shape index (κ2) is 11.6. The van der Waals surface area contributed by atoms with Gasteiger partial charge in [-0.15, -0.1) is 24.0 Å². The third-order valence-corrected chi connectivity index (χ3v) is 4.45. The Balaban J connectivity index is 0.00000529. The summed E-state index contributed by atoms with van der Waals surface area (Å²) in [6.45, 7) is 9.83. The van der Waals surface area contributed by atoms with Crippen molar-refractivity contribution in [3.05, 3.63) is 35.4 Å². The maximum atomic E-state index is 11.9. The van der Waals surface area contributed by atoms with E-state index in [1.54, 1.807) is 0 Å². The molecule has 0 unspecified atom stereocenters. The largest absolute Gasteiger partial charge is 0.357 e. The fourth-order valence-electron chi connectivity index (χ4n) is 2.04. The van der Waals surface area contributed by atoms with Gasteiger partial charge in [0.05, 0.1) is 12.3 Å². The van der Waals surface area contributed by atoms with Gasteiger partial charge in [-0.25, -0.2) is 18.1 Å². The summed E-state index contributed by atoms with van der Waals surface area (Å²) in [5.74, 6) is 0.775. The monoisotopic (exact) mass is 468 g/mol. The van der Waals surface area contributed by atoms with Crippen LogP contribution in [0.15, 0.2) is 29.3 Å². The van der Waals surface area contributed by atoms with Crippen LogP contribution in [0.5, 0.6) is 0 Å². The smallest absolute Gasteiger partial charge is 0.216 e. The van der Waals surface area contributed by atoms with Crippen molar-refractivity contribution < 1.29 is 8.42 Å². The predicted octanol–water partition coefficient (Wildman–Crippen LogP) is 2.21. The highest BCUT2D eigenvalue weighted by molar-refractivity contribution is 14.0. The molecule has 138 valence electrons. The van der Waals surface area contributed by atoms with Crippen LogP contribution in [0.3, 0.4) is 0 Å². The Labute approximate surface area is 163 Å². The Morgan fingerprint density at radius 1 is 1.04 bits per heavy atom. The molecule has 1 aromatic carbocycles. The first-order valence-electron chi connectivity index (χ1n) is 7.96. The van der Waals surface area contributed by atoms with Gasteiger partial charge in [0.1, 0.15) is 0 Å². The summed E-state index contributed by atoms with van der Waals surface area (Å²) in [5, 5.41) is 6.33. The van der Waals surface area contributed by atoms with Gasteiger partial charge >= 0.3 is 0 Å². The van der Waals surface area contributed by atoms with Gasteiger partial charge in [-0.05, 0) is 38.8 Å². The summed E-state index contributed by atoms with van der Waals surface area (Å²) in [4.78, 5) is 4.48. The molecule has 0 aliphatic carbocycles. The molecule has 0 spiro atoms. The molecule has 0 saturated carbocycles. The van der Waals surface area contributed by atoms with Crippen molar-refractivity contribution in [2.45, 2.75) is 46.0 Å². The number of hydrogen-bond donors (Lipinski definition) is 3. The molecule has 0 amide bonds. The maximum absolute atomic E-state index is 11.9. The molecule has 1 aromatic rings. The number of hydrogen-bond acceptors (Lipinski definition) is 3. The number of benzene rings is 1. The minimum atomic E-state index is -3.28. The van der Waals surface area contributed by atoms with Gasteiger partial charge in [0.2, 0.25) is 10.0 Å². The quantitative estimate of drug-likeness (QED) is 0.311. The van der Waals surface area contributed by atoms with Crippen LogP contribution in [0, 0.1) is 0 Å². The summed E-state index contributed by atoms with van der Waals surface area (Å²) in [6, 6.07) is 7.41. The third-order valence-electron chi connectivity index (χ3n) is 2.90. The van der Waals surface area contributed by atoms with Crippen molar-refractivity contribution in [3.8, 4) is 0 Å². The molecular weight excluding hydrogens is 439 g/mol. The highest BCUT2D eigenvalue weighted by Gasteiger charge is 2.12. The molecule has 8 heteroatoms. The van der Waals surface area contributed by atoms with E-state index in [4.69, 9.17) is 0 Å². The molecule has 0 fully saturated rings. The second-order valence-corrected chi connectivity index (χ2v) is 7.33. The standard InChI is InChI=1S/C16H28N4O2S.HI/c1-5-17-16(18-6-2)19-11-14-7-9-15(10-8-14)12-23(21,22)20-13(3)4;/h7-10,13,20H,5-6,11-12H2,1-4H3,(H2,17,18,19);1H. The van der Waals surface area contributed by atoms with Crippen LogP contribution < -0.4 is 15.4 Å². The average molecular weight is 468 g/mol. The summed E-state index contributed by atoms with van der Waals surface area (Å²) in [7, 11) is -3.28. The van der Waals surface area contributed by atoms with Crippen LogP contribution >= 0.6 is 24.0 Å². The molecule has 0 aliphatic rings. The Kier molecular flexibility index (Phi) is 11.2. The normalized spacial score (nSPS) is 10.9. The fraction of sp³-hybridized carbons (Fsp3) is 0.562. The van der Waals surface area contributed by atoms with Crippen LogP contribution in [0.1, 0.15) is 38.8 Å². The van der Waals surface area contributed by atoms with Crippen LogP contribution in [0.25, 0.3) is 0 Å². The van der Waals surface area contributed by atoms with E-state index in [1.165, 1.54) is 0 Å². The van der Waals surface area contributed by atoms with Crippen molar-refractivity contribution in [2.24, 2.45) is 4.99 Å². The van der Waals surface area contributed by atoms with E-state index in [0.29, 0.717) is 6.54 Å². The maximum Gasteiger partial charge on any atom is 0.216 e. The lowest BCUT2D eigenvalue weighted by Crippen LogP contribution is -2.36. The van der Waals surface area contributed by atoms with E-state index in [2.05, 4.69) is 20.3 Å². The molecule has 0 aliphatic heterocycles. The highest BCUT2D eigenvalue weighted by Crippen LogP contribution is 2.09. The molecule has 3 N–H and O–H groups in total. The van der Waals surface area contributed by atoms with Gasteiger partial charge in [0, 0.05) is 19.1 Å². The molecule has 0 heterocycles. The van der Waals surface area contributed by atoms with Gasteiger partial charge in [-0.3, -0.25) is 0 Å². The minimum Gasteiger partial charge on any atom is -0.357 e. The zero-order valence-electron chi connectivity index (χ0n) is 14.8. The second-order valence-electron chi connectivity index (χ2n) is 5.57. The molecule has 0 radical (unpaired) electrons. The van der Waals surface area contributed by atoms with Crippen molar-refractivity contribution in [3.63, 3.8) is 0 Å². The van der Waals surface area contributed by atoms with Crippen LogP contribution in [-0.2, 0) is 22.3 Å². The van der Waals surface area contributed by atoms with Crippen molar-refractivity contribution in [2.75, 3.05) is 13.1 Å². The van der Waals surface area contributed by atoms with E-state index in [9.17, 15) is 8.42 Å². The first kappa shape index (κ1) is 23.1. The molecule has 0 bridgehead atoms. The molecule has 24 heavy (non-hydrogen) atoms. The average Bonchev–Trinajstić information content (AvgIpc) is 2.45. The van der Waals surface area contributed by atoms with Crippen LogP contribution in [0.4, 0.5) is 0 Å². The molecular formula is C16H29IN4O2S. The lowest BCUT2D eigenvalue weighted by Gasteiger charge is -2.10. The molecule has 6 nitrogen and oxygen atoms in total. The van der Waals surface area contributed by atoms with E-state index in [0.717, 1.165) is 30.2 Å². The number of aliphatic imine (C=N–C) groups is 1. The minimum absolute atomic E-state index is 0. The number of rotatable bonds is 8. The summed E-state index contributed by atoms with van der Waals surface area (Å²) in [5.41, 5.74) is 1.81. The summed E-state index contributed by atoms with van der Waals surface area (Å²) in [6.07, 6.45) is 0. The van der Waals surface area contributed by atoms with Gasteiger partial charge in [-0.1, -0.05) is 24.3 Å². The van der Waals surface area contributed by atoms with E-state index >= 15 is 0 Å². The SMILES string of the molecule is CCNC(=NCc1ccc(CS(=O)(=O)NC(C)C)cc1)NCC.I. The van der Waals surface area contributed by atoms with Crippen molar-refractivity contribution in [1.82, 2.24) is 15.4 Å². The Hall–Kier alpha value is -0.870. The zero-order chi connectivity index (χ0) is 17.3. The number of nitrogens with zero attached hydrogens (tertiary/aromatic N) is 1. The number of halogens is 1. The van der Waals surface area contributed by atoms with Crippen LogP contribution in [0.2, 0.25) is 0 Å². The molecule has 0 saturated heterocycles. The van der Waals surface area contributed by atoms with E-state index < -0.39 is 10.0 Å². The van der Waals surface area contributed by atoms with Crippen molar-refractivity contribution >= 4 is 40.0 Å². The summed E-state index contributed by atoms with van der Waals surface area (Å²) < 4.78 is 26.4. The van der Waals surface area contributed by atoms with E-state index in [-0.39, 0.29) is 35.8 Å². The van der Waals surface area contributed by atoms with Gasteiger partial charge in [0.25, 0.3) is 0 Å². The summed E-state index contributed by atoms with van der Waals surface area (Å²) >= 11 is 0. The number of guanidine groups is 1. The topological polar surface area (TPSA) is 82.6 Å². The van der Waals surface area contributed by atoms with Crippen molar-refractivity contribution in [1.29, 1.82) is 0 Å². The zero-order valence-corrected chi connectivity index (χ0v) is 17.9. The van der Waals surface area contributed by atoms with E-state index in [1.807, 2.05) is 52.0 Å². The predicted molar refractivity (Wildman–Crippen MR) is 111 cm³/mol. The van der Waals surface area contributed by atoms with Gasteiger partial charge in [0.15, 0.2) is 5.96 Å². The molecule has 0 atom stereocenters. The Morgan fingerprint density at radius 3 is 2.00 bits per heavy atom. The number of nitrogens with one attached hydrogen (secondary N) is 3. The highest BCUT2D eigenvalue weighted by atomic mass is 127. The molecule has 0 aromatic heterocycles. The van der Waals surface area contributed by atoms with Gasteiger partial charge < -0.3 is 10.6 Å². The van der Waals surface area contributed by atoms with Gasteiger partial charge in [-0.2, -0.15) is 0 Å². The molecule has 1 rings (SSSR count).